The zero-order valence-corrected chi connectivity index (χ0v) is 21.5. The monoisotopic (exact) mass is 535 g/mol. The lowest BCUT2D eigenvalue weighted by atomic mass is 9.98. The number of hydrogen-bond donors (Lipinski definition) is 0. The second-order valence-corrected chi connectivity index (χ2v) is 11.2. The van der Waals surface area contributed by atoms with Crippen molar-refractivity contribution in [3.63, 3.8) is 0 Å². The van der Waals surface area contributed by atoms with Gasteiger partial charge in [0.05, 0.1) is 34.4 Å². The molecule has 192 valence electrons. The Bertz CT molecular complexity index is 1440. The minimum Gasteiger partial charge on any atom is -0.465 e. The Hall–Kier alpha value is -2.93. The molecular formula is C24H26FN3O6S2. The lowest BCUT2D eigenvalue weighted by molar-refractivity contribution is -0.122. The number of carbonyl (C=O) groups is 2. The number of rotatable bonds is 7. The summed E-state index contributed by atoms with van der Waals surface area (Å²) in [4.78, 5) is 29.9. The van der Waals surface area contributed by atoms with E-state index in [1.54, 1.807) is 25.3 Å². The van der Waals surface area contributed by atoms with E-state index in [1.807, 2.05) is 4.57 Å². The number of aromatic nitrogens is 1. The maximum Gasteiger partial charge on any atom is 0.337 e. The summed E-state index contributed by atoms with van der Waals surface area (Å²) in [6.45, 7) is 1.22. The summed E-state index contributed by atoms with van der Waals surface area (Å²) in [5.74, 6) is -1.70. The van der Waals surface area contributed by atoms with E-state index < -0.39 is 27.7 Å². The second-order valence-electron chi connectivity index (χ2n) is 8.29. The van der Waals surface area contributed by atoms with E-state index in [-0.39, 0.29) is 23.9 Å². The predicted octanol–water partition coefficient (Wildman–Crippen LogP) is 2.80. The van der Waals surface area contributed by atoms with Crippen LogP contribution in [-0.2, 0) is 30.8 Å². The number of carbonyl (C=O) groups excluding carboxylic acids is 2. The molecule has 4 rings (SSSR count). The molecular weight excluding hydrogens is 509 g/mol. The number of sulfonamides is 1. The van der Waals surface area contributed by atoms with Crippen molar-refractivity contribution < 1.29 is 31.9 Å². The molecule has 3 aromatic rings. The van der Waals surface area contributed by atoms with Crippen molar-refractivity contribution in [2.24, 2.45) is 10.9 Å². The standard InChI is InChI=1S/C24H26FN3O6S2/c1-33-14-13-28-20-8-3-17(23(30)34-2)15-21(20)35-24(28)26-22(29)16-9-11-27(12-10-16)36(31,32)19-6-4-18(25)5-7-19/h3-8,15-16H,9-14H2,1-2H3. The van der Waals surface area contributed by atoms with Crippen LogP contribution in [-0.4, -0.2) is 63.1 Å². The number of methoxy groups -OCH3 is 2. The molecule has 1 aliphatic heterocycles. The molecule has 0 atom stereocenters. The molecule has 0 bridgehead atoms. The van der Waals surface area contributed by atoms with Gasteiger partial charge in [-0.3, -0.25) is 4.79 Å². The third-order valence-electron chi connectivity index (χ3n) is 6.08. The van der Waals surface area contributed by atoms with Crippen LogP contribution in [0.25, 0.3) is 10.2 Å². The number of hydrogen-bond acceptors (Lipinski definition) is 7. The Labute approximate surface area is 211 Å². The van der Waals surface area contributed by atoms with Crippen LogP contribution in [0.1, 0.15) is 23.2 Å². The van der Waals surface area contributed by atoms with E-state index in [0.29, 0.717) is 36.4 Å². The highest BCUT2D eigenvalue weighted by Gasteiger charge is 2.32. The smallest absolute Gasteiger partial charge is 0.337 e. The molecule has 1 saturated heterocycles. The van der Waals surface area contributed by atoms with Crippen molar-refractivity contribution >= 4 is 43.5 Å². The highest BCUT2D eigenvalue weighted by molar-refractivity contribution is 7.89. The van der Waals surface area contributed by atoms with Crippen LogP contribution in [0.3, 0.4) is 0 Å². The molecule has 0 saturated carbocycles. The summed E-state index contributed by atoms with van der Waals surface area (Å²) >= 11 is 1.29. The van der Waals surface area contributed by atoms with E-state index in [1.165, 1.54) is 34.9 Å². The SMILES string of the molecule is COCCn1c(=NC(=O)C2CCN(S(=O)(=O)c3ccc(F)cc3)CC2)sc2cc(C(=O)OC)ccc21. The fraction of sp³-hybridized carbons (Fsp3) is 0.375. The summed E-state index contributed by atoms with van der Waals surface area (Å²) < 4.78 is 52.9. The molecule has 0 unspecified atom stereocenters. The molecule has 1 aromatic heterocycles. The van der Waals surface area contributed by atoms with Gasteiger partial charge in [-0.2, -0.15) is 9.30 Å². The van der Waals surface area contributed by atoms with Crippen molar-refractivity contribution in [1.29, 1.82) is 0 Å². The van der Waals surface area contributed by atoms with Gasteiger partial charge >= 0.3 is 5.97 Å². The first-order valence-corrected chi connectivity index (χ1v) is 13.5. The number of thiazole rings is 1. The van der Waals surface area contributed by atoms with Crippen molar-refractivity contribution in [2.75, 3.05) is 33.9 Å². The molecule has 36 heavy (non-hydrogen) atoms. The third kappa shape index (κ3) is 5.41. The molecule has 1 amide bonds. The lowest BCUT2D eigenvalue weighted by Gasteiger charge is -2.29. The van der Waals surface area contributed by atoms with Crippen molar-refractivity contribution in [3.05, 3.63) is 58.6 Å². The number of nitrogens with zero attached hydrogens (tertiary/aromatic N) is 3. The number of ether oxygens (including phenoxy) is 2. The number of benzene rings is 2. The van der Waals surface area contributed by atoms with Crippen LogP contribution in [0.4, 0.5) is 4.39 Å². The molecule has 0 radical (unpaired) electrons. The first-order chi connectivity index (χ1) is 17.2. The van der Waals surface area contributed by atoms with Gasteiger partial charge in [0.15, 0.2) is 4.80 Å². The number of fused-ring (bicyclic) bond motifs is 1. The van der Waals surface area contributed by atoms with Crippen molar-refractivity contribution in [1.82, 2.24) is 8.87 Å². The highest BCUT2D eigenvalue weighted by atomic mass is 32.2. The molecule has 12 heteroatoms. The minimum atomic E-state index is -3.76. The third-order valence-corrected chi connectivity index (χ3v) is 9.04. The molecule has 0 aliphatic carbocycles. The fourth-order valence-electron chi connectivity index (χ4n) is 4.09. The van der Waals surface area contributed by atoms with Crippen LogP contribution in [0.5, 0.6) is 0 Å². The van der Waals surface area contributed by atoms with Crippen molar-refractivity contribution in [3.8, 4) is 0 Å². The van der Waals surface area contributed by atoms with Crippen LogP contribution in [0.15, 0.2) is 52.4 Å². The highest BCUT2D eigenvalue weighted by Crippen LogP contribution is 2.25. The normalized spacial score (nSPS) is 15.9. The van der Waals surface area contributed by atoms with Gasteiger partial charge in [-0.25, -0.2) is 17.6 Å². The van der Waals surface area contributed by atoms with Crippen LogP contribution in [0.2, 0.25) is 0 Å². The van der Waals surface area contributed by atoms with Crippen LogP contribution < -0.4 is 4.80 Å². The number of esters is 1. The number of piperidine rings is 1. The molecule has 0 spiro atoms. The van der Waals surface area contributed by atoms with Gasteiger partial charge in [-0.15, -0.1) is 0 Å². The first kappa shape index (κ1) is 26.1. The summed E-state index contributed by atoms with van der Waals surface area (Å²) in [7, 11) is -0.865. The van der Waals surface area contributed by atoms with Gasteiger partial charge in [-0.1, -0.05) is 11.3 Å². The average Bonchev–Trinajstić information content (AvgIpc) is 3.23. The van der Waals surface area contributed by atoms with Gasteiger partial charge in [0.2, 0.25) is 10.0 Å². The maximum absolute atomic E-state index is 13.2. The van der Waals surface area contributed by atoms with E-state index in [9.17, 15) is 22.4 Å². The van der Waals surface area contributed by atoms with Gasteiger partial charge in [0.1, 0.15) is 5.82 Å². The number of halogens is 1. The van der Waals surface area contributed by atoms with E-state index in [2.05, 4.69) is 4.99 Å². The van der Waals surface area contributed by atoms with Crippen LogP contribution >= 0.6 is 11.3 Å². The van der Waals surface area contributed by atoms with Gasteiger partial charge in [0.25, 0.3) is 5.91 Å². The minimum absolute atomic E-state index is 0.0224. The topological polar surface area (TPSA) is 107 Å². The summed E-state index contributed by atoms with van der Waals surface area (Å²) in [5, 5.41) is 0. The Morgan fingerprint density at radius 1 is 1.11 bits per heavy atom. The first-order valence-electron chi connectivity index (χ1n) is 11.3. The van der Waals surface area contributed by atoms with E-state index in [0.717, 1.165) is 22.3 Å². The average molecular weight is 536 g/mol. The summed E-state index contributed by atoms with van der Waals surface area (Å²) in [5.41, 5.74) is 1.22. The summed E-state index contributed by atoms with van der Waals surface area (Å²) in [6.07, 6.45) is 0.663. The zero-order chi connectivity index (χ0) is 25.9. The maximum atomic E-state index is 13.2. The van der Waals surface area contributed by atoms with E-state index >= 15 is 0 Å². The Kier molecular flexibility index (Phi) is 7.98. The molecule has 0 N–H and O–H groups in total. The molecule has 2 aromatic carbocycles. The fourth-order valence-corrected chi connectivity index (χ4v) is 6.66. The Balaban J connectivity index is 1.55. The molecule has 1 aliphatic rings. The van der Waals surface area contributed by atoms with Gasteiger partial charge in [0, 0.05) is 32.7 Å². The Morgan fingerprint density at radius 2 is 1.81 bits per heavy atom. The lowest BCUT2D eigenvalue weighted by Crippen LogP contribution is -2.40. The molecule has 9 nitrogen and oxygen atoms in total. The van der Waals surface area contributed by atoms with Crippen molar-refractivity contribution in [2.45, 2.75) is 24.3 Å². The zero-order valence-electron chi connectivity index (χ0n) is 19.8. The Morgan fingerprint density at radius 3 is 2.44 bits per heavy atom. The largest absolute Gasteiger partial charge is 0.465 e. The number of amides is 1. The quantitative estimate of drug-likeness (QED) is 0.431. The molecule has 2 heterocycles. The molecule has 1 fully saturated rings. The summed E-state index contributed by atoms with van der Waals surface area (Å²) in [6, 6.07) is 9.85. The van der Waals surface area contributed by atoms with E-state index in [4.69, 9.17) is 9.47 Å². The van der Waals surface area contributed by atoms with Gasteiger partial charge in [-0.05, 0) is 55.3 Å². The predicted molar refractivity (Wildman–Crippen MR) is 131 cm³/mol. The van der Waals surface area contributed by atoms with Gasteiger partial charge < -0.3 is 14.0 Å². The van der Waals surface area contributed by atoms with Crippen LogP contribution in [0, 0.1) is 11.7 Å². The second kappa shape index (κ2) is 11.0.